The summed E-state index contributed by atoms with van der Waals surface area (Å²) in [6.07, 6.45) is 4.54. The van der Waals surface area contributed by atoms with Gasteiger partial charge in [-0.25, -0.2) is 9.67 Å². The zero-order valence-corrected chi connectivity index (χ0v) is 17.3. The number of amides is 1. The predicted molar refractivity (Wildman–Crippen MR) is 122 cm³/mol. The van der Waals surface area contributed by atoms with Gasteiger partial charge < -0.3 is 10.2 Å². The van der Waals surface area contributed by atoms with Gasteiger partial charge in [-0.15, -0.1) is 0 Å². The molecule has 1 amide bonds. The van der Waals surface area contributed by atoms with Gasteiger partial charge in [-0.3, -0.25) is 4.79 Å². The first-order valence-corrected chi connectivity index (χ1v) is 10.4. The van der Waals surface area contributed by atoms with Gasteiger partial charge in [0.25, 0.3) is 5.91 Å². The molecule has 0 saturated heterocycles. The van der Waals surface area contributed by atoms with Crippen LogP contribution in [0.2, 0.25) is 0 Å². The summed E-state index contributed by atoms with van der Waals surface area (Å²) in [6.45, 7) is 3.19. The highest BCUT2D eigenvalue weighted by Crippen LogP contribution is 2.30. The molecule has 2 aromatic heterocycles. The molecule has 1 aliphatic heterocycles. The summed E-state index contributed by atoms with van der Waals surface area (Å²) >= 11 is 0. The molecule has 1 N–H and O–H groups in total. The van der Waals surface area contributed by atoms with Crippen LogP contribution < -0.4 is 10.2 Å². The van der Waals surface area contributed by atoms with E-state index in [1.54, 1.807) is 12.3 Å². The van der Waals surface area contributed by atoms with Gasteiger partial charge in [0.05, 0.1) is 16.9 Å². The smallest absolute Gasteiger partial charge is 0.262 e. The molecule has 0 spiro atoms. The molecule has 31 heavy (non-hydrogen) atoms. The molecule has 0 fully saturated rings. The lowest BCUT2D eigenvalue weighted by Crippen LogP contribution is -2.29. The minimum absolute atomic E-state index is 0.0310. The Morgan fingerprint density at radius 3 is 2.65 bits per heavy atom. The van der Waals surface area contributed by atoms with Crippen molar-refractivity contribution >= 4 is 17.4 Å². The molecule has 4 aromatic rings. The summed E-state index contributed by atoms with van der Waals surface area (Å²) in [5.74, 6) is 0.555. The highest BCUT2D eigenvalue weighted by atomic mass is 16.2. The number of hydrogen-bond donors (Lipinski definition) is 1. The molecule has 3 heterocycles. The number of aryl methyl sites for hydroxylation is 1. The van der Waals surface area contributed by atoms with Crippen molar-refractivity contribution in [1.29, 1.82) is 0 Å². The quantitative estimate of drug-likeness (QED) is 0.531. The Labute approximate surface area is 181 Å². The number of hydrogen-bond acceptors (Lipinski definition) is 4. The normalized spacial score (nSPS) is 12.6. The first-order chi connectivity index (χ1) is 15.2. The summed E-state index contributed by atoms with van der Waals surface area (Å²) in [6, 6.07) is 21.8. The predicted octanol–water partition coefficient (Wildman–Crippen LogP) is 4.39. The molecule has 0 atom stereocenters. The van der Waals surface area contributed by atoms with Crippen molar-refractivity contribution in [3.8, 4) is 5.69 Å². The second-order valence-electron chi connectivity index (χ2n) is 7.62. The Bertz CT molecular complexity index is 1250. The van der Waals surface area contributed by atoms with Crippen molar-refractivity contribution < 1.29 is 4.79 Å². The number of aromatic nitrogens is 3. The summed E-state index contributed by atoms with van der Waals surface area (Å²) in [5, 5.41) is 7.90. The molecule has 0 radical (unpaired) electrons. The van der Waals surface area contributed by atoms with Gasteiger partial charge in [0.1, 0.15) is 5.82 Å². The first kappa shape index (κ1) is 19.1. The summed E-state index contributed by atoms with van der Waals surface area (Å²) in [4.78, 5) is 19.7. The fourth-order valence-electron chi connectivity index (χ4n) is 4.03. The molecule has 5 rings (SSSR count). The Morgan fingerprint density at radius 1 is 1.00 bits per heavy atom. The van der Waals surface area contributed by atoms with Gasteiger partial charge >= 0.3 is 0 Å². The monoisotopic (exact) mass is 409 g/mol. The maximum absolute atomic E-state index is 13.4. The van der Waals surface area contributed by atoms with Crippen molar-refractivity contribution in [1.82, 2.24) is 14.8 Å². The van der Waals surface area contributed by atoms with E-state index in [4.69, 9.17) is 0 Å². The average Bonchev–Trinajstić information content (AvgIpc) is 3.44. The van der Waals surface area contributed by atoms with Crippen LogP contribution in [0.1, 0.15) is 27.2 Å². The largest absolute Gasteiger partial charge is 0.365 e. The molecule has 154 valence electrons. The topological polar surface area (TPSA) is 63.1 Å². The maximum Gasteiger partial charge on any atom is 0.262 e. The second kappa shape index (κ2) is 8.07. The lowest BCUT2D eigenvalue weighted by Gasteiger charge is -2.19. The molecule has 6 nitrogen and oxygen atoms in total. The van der Waals surface area contributed by atoms with Crippen LogP contribution in [-0.4, -0.2) is 27.2 Å². The van der Waals surface area contributed by atoms with Crippen molar-refractivity contribution in [2.75, 3.05) is 16.8 Å². The third-order valence-corrected chi connectivity index (χ3v) is 5.58. The average molecular weight is 409 g/mol. The van der Waals surface area contributed by atoms with Gasteiger partial charge in [-0.1, -0.05) is 36.4 Å². The van der Waals surface area contributed by atoms with Crippen molar-refractivity contribution in [2.24, 2.45) is 0 Å². The van der Waals surface area contributed by atoms with Gasteiger partial charge in [-0.05, 0) is 54.8 Å². The molecule has 1 aliphatic rings. The Morgan fingerprint density at radius 2 is 1.81 bits per heavy atom. The molecule has 0 saturated carbocycles. The number of nitrogens with zero attached hydrogens (tertiary/aromatic N) is 4. The molecule has 6 heteroatoms. The lowest BCUT2D eigenvalue weighted by atomic mass is 10.1. The number of carbonyl (C=O) groups excluding carboxylic acids is 1. The van der Waals surface area contributed by atoms with E-state index in [1.165, 1.54) is 5.56 Å². The lowest BCUT2D eigenvalue weighted by molar-refractivity contribution is 0.0990. The number of carbonyl (C=O) groups is 1. The van der Waals surface area contributed by atoms with E-state index in [2.05, 4.69) is 27.5 Å². The van der Waals surface area contributed by atoms with Crippen molar-refractivity contribution in [3.63, 3.8) is 0 Å². The number of rotatable bonds is 5. The van der Waals surface area contributed by atoms with Gasteiger partial charge in [0.2, 0.25) is 0 Å². The molecule has 0 bridgehead atoms. The zero-order chi connectivity index (χ0) is 21.2. The fraction of sp³-hybridized carbons (Fsp3) is 0.160. The summed E-state index contributed by atoms with van der Waals surface area (Å²) in [5.41, 5.74) is 5.80. The SMILES string of the molecule is Cc1ccn(-c2ccccc2CNc2ncccc2C(=O)N2CCc3ccccc32)n1. The summed E-state index contributed by atoms with van der Waals surface area (Å²) < 4.78 is 1.87. The number of pyridine rings is 1. The van der Waals surface area contributed by atoms with E-state index in [0.717, 1.165) is 29.1 Å². The molecular formula is C25H23N5O. The van der Waals surface area contributed by atoms with Crippen LogP contribution in [0.3, 0.4) is 0 Å². The van der Waals surface area contributed by atoms with E-state index in [1.807, 2.05) is 71.2 Å². The Kier molecular flexibility index (Phi) is 4.96. The van der Waals surface area contributed by atoms with Crippen LogP contribution in [0, 0.1) is 6.92 Å². The van der Waals surface area contributed by atoms with E-state index in [0.29, 0.717) is 24.5 Å². The third kappa shape index (κ3) is 3.68. The van der Waals surface area contributed by atoms with Gasteiger partial charge in [-0.2, -0.15) is 5.10 Å². The second-order valence-corrected chi connectivity index (χ2v) is 7.62. The van der Waals surface area contributed by atoms with Crippen LogP contribution in [0.5, 0.6) is 0 Å². The number of nitrogens with one attached hydrogen (secondary N) is 1. The first-order valence-electron chi connectivity index (χ1n) is 10.4. The Hall–Kier alpha value is -3.93. The number of para-hydroxylation sites is 2. The summed E-state index contributed by atoms with van der Waals surface area (Å²) in [7, 11) is 0. The zero-order valence-electron chi connectivity index (χ0n) is 17.3. The van der Waals surface area contributed by atoms with Crippen LogP contribution in [0.15, 0.2) is 79.1 Å². The fourth-order valence-corrected chi connectivity index (χ4v) is 4.03. The minimum atomic E-state index is -0.0310. The van der Waals surface area contributed by atoms with E-state index >= 15 is 0 Å². The van der Waals surface area contributed by atoms with E-state index < -0.39 is 0 Å². The third-order valence-electron chi connectivity index (χ3n) is 5.58. The standard InChI is InChI=1S/C25H23N5O/c1-18-12-16-30(28-18)23-11-5-3-8-20(23)17-27-24-21(9-6-14-26-24)25(31)29-15-13-19-7-2-4-10-22(19)29/h2-12,14,16H,13,15,17H2,1H3,(H,26,27). The van der Waals surface area contributed by atoms with Gasteiger partial charge in [0, 0.05) is 31.2 Å². The highest BCUT2D eigenvalue weighted by Gasteiger charge is 2.27. The molecule has 0 unspecified atom stereocenters. The number of benzene rings is 2. The number of anilines is 2. The van der Waals surface area contributed by atoms with Crippen LogP contribution in [0.25, 0.3) is 5.69 Å². The molecular weight excluding hydrogens is 386 g/mol. The van der Waals surface area contributed by atoms with E-state index in [-0.39, 0.29) is 5.91 Å². The van der Waals surface area contributed by atoms with Crippen molar-refractivity contribution in [3.05, 3.63) is 102 Å². The van der Waals surface area contributed by atoms with Crippen LogP contribution >= 0.6 is 0 Å². The van der Waals surface area contributed by atoms with E-state index in [9.17, 15) is 4.79 Å². The molecule has 0 aliphatic carbocycles. The maximum atomic E-state index is 13.4. The molecule has 2 aromatic carbocycles. The van der Waals surface area contributed by atoms with Crippen LogP contribution in [-0.2, 0) is 13.0 Å². The Balaban J connectivity index is 1.40. The minimum Gasteiger partial charge on any atom is -0.365 e. The van der Waals surface area contributed by atoms with Gasteiger partial charge in [0.15, 0.2) is 0 Å². The highest BCUT2D eigenvalue weighted by molar-refractivity contribution is 6.10. The van der Waals surface area contributed by atoms with Crippen molar-refractivity contribution in [2.45, 2.75) is 19.9 Å². The van der Waals surface area contributed by atoms with Crippen LogP contribution in [0.4, 0.5) is 11.5 Å². The number of fused-ring (bicyclic) bond motifs is 1.